The van der Waals surface area contributed by atoms with E-state index in [1.807, 2.05) is 6.92 Å². The molecule has 1 aliphatic rings. The lowest BCUT2D eigenvalue weighted by atomic mass is 10.1. The minimum atomic E-state index is -0.328. The first-order chi connectivity index (χ1) is 11.5. The van der Waals surface area contributed by atoms with Gasteiger partial charge >= 0.3 is 6.03 Å². The van der Waals surface area contributed by atoms with Gasteiger partial charge in [-0.1, -0.05) is 6.07 Å². The Kier molecular flexibility index (Phi) is 4.80. The summed E-state index contributed by atoms with van der Waals surface area (Å²) in [6.45, 7) is 2.51. The van der Waals surface area contributed by atoms with Crippen LogP contribution in [0.25, 0.3) is 5.69 Å². The van der Waals surface area contributed by atoms with E-state index in [9.17, 15) is 9.18 Å². The lowest BCUT2D eigenvalue weighted by Gasteiger charge is -2.12. The van der Waals surface area contributed by atoms with E-state index in [4.69, 9.17) is 5.73 Å². The highest BCUT2D eigenvalue weighted by Gasteiger charge is 2.25. The van der Waals surface area contributed by atoms with E-state index < -0.39 is 0 Å². The fourth-order valence-corrected chi connectivity index (χ4v) is 3.16. The first-order valence-corrected chi connectivity index (χ1v) is 8.15. The maximum atomic E-state index is 13.4. The van der Waals surface area contributed by atoms with E-state index in [2.05, 4.69) is 15.7 Å². The second kappa shape index (κ2) is 7.00. The Bertz CT molecular complexity index is 730. The molecular weight excluding hydrogens is 309 g/mol. The Labute approximate surface area is 140 Å². The number of benzene rings is 1. The average molecular weight is 331 g/mol. The van der Waals surface area contributed by atoms with Crippen molar-refractivity contribution < 1.29 is 9.18 Å². The molecule has 0 radical (unpaired) electrons. The van der Waals surface area contributed by atoms with Crippen LogP contribution in [-0.4, -0.2) is 28.4 Å². The highest BCUT2D eigenvalue weighted by Crippen LogP contribution is 2.24. The molecule has 0 saturated heterocycles. The summed E-state index contributed by atoms with van der Waals surface area (Å²) in [5.41, 5.74) is 7.09. The van der Waals surface area contributed by atoms with Gasteiger partial charge < -0.3 is 11.1 Å². The number of nitrogens with zero attached hydrogens (tertiary/aromatic N) is 2. The Morgan fingerprint density at radius 2 is 2.25 bits per heavy atom. The summed E-state index contributed by atoms with van der Waals surface area (Å²) in [5.74, 6) is 0.595. The first-order valence-electron chi connectivity index (χ1n) is 8.15. The standard InChI is InChI=1S/C17H22FN5O/c1-11-7-16(22-23(11)15-4-2-3-13(18)9-15)21-17(24)20-14-6-5-12(8-14)10-19/h2-4,7,9,12,14H,5-6,8,10,19H2,1H3,(H2,20,21,22,24). The minimum absolute atomic E-state index is 0.157. The molecule has 1 fully saturated rings. The number of amides is 2. The number of nitrogens with one attached hydrogen (secondary N) is 2. The SMILES string of the molecule is Cc1cc(NC(=O)NC2CCC(CN)C2)nn1-c1cccc(F)c1. The van der Waals surface area contributed by atoms with Crippen molar-refractivity contribution in [3.05, 3.63) is 41.8 Å². The highest BCUT2D eigenvalue weighted by atomic mass is 19.1. The number of rotatable bonds is 4. The molecule has 3 rings (SSSR count). The molecule has 1 aromatic carbocycles. The summed E-state index contributed by atoms with van der Waals surface area (Å²) in [7, 11) is 0. The smallest absolute Gasteiger partial charge is 0.320 e. The van der Waals surface area contributed by atoms with Crippen molar-refractivity contribution in [1.82, 2.24) is 15.1 Å². The molecule has 2 unspecified atom stereocenters. The van der Waals surface area contributed by atoms with Crippen LogP contribution in [-0.2, 0) is 0 Å². The number of nitrogens with two attached hydrogens (primary N) is 1. The van der Waals surface area contributed by atoms with E-state index in [0.29, 0.717) is 24.0 Å². The summed E-state index contributed by atoms with van der Waals surface area (Å²) in [5, 5.41) is 10.0. The third-order valence-electron chi connectivity index (χ3n) is 4.39. The monoisotopic (exact) mass is 331 g/mol. The normalized spacial score (nSPS) is 20.1. The van der Waals surface area contributed by atoms with Crippen LogP contribution in [0.4, 0.5) is 15.0 Å². The van der Waals surface area contributed by atoms with E-state index in [-0.39, 0.29) is 17.9 Å². The van der Waals surface area contributed by atoms with E-state index in [1.165, 1.54) is 12.1 Å². The topological polar surface area (TPSA) is 85.0 Å². The number of aromatic nitrogens is 2. The lowest BCUT2D eigenvalue weighted by molar-refractivity contribution is 0.248. The van der Waals surface area contributed by atoms with Crippen molar-refractivity contribution in [1.29, 1.82) is 0 Å². The Hall–Kier alpha value is -2.41. The predicted octanol–water partition coefficient (Wildman–Crippen LogP) is 2.57. The molecular formula is C17H22FN5O. The van der Waals surface area contributed by atoms with Gasteiger partial charge in [0.05, 0.1) is 5.69 Å². The molecule has 4 N–H and O–H groups in total. The molecule has 0 aliphatic heterocycles. The molecule has 24 heavy (non-hydrogen) atoms. The molecule has 0 bridgehead atoms. The summed E-state index contributed by atoms with van der Waals surface area (Å²) in [6.07, 6.45) is 2.92. The van der Waals surface area contributed by atoms with E-state index >= 15 is 0 Å². The van der Waals surface area contributed by atoms with Gasteiger partial charge in [-0.15, -0.1) is 5.10 Å². The zero-order valence-corrected chi connectivity index (χ0v) is 13.6. The largest absolute Gasteiger partial charge is 0.335 e. The number of hydrogen-bond acceptors (Lipinski definition) is 3. The second-order valence-electron chi connectivity index (χ2n) is 6.27. The number of anilines is 1. The van der Waals surface area contributed by atoms with Crippen molar-refractivity contribution in [3.63, 3.8) is 0 Å². The molecule has 6 nitrogen and oxygen atoms in total. The molecule has 1 saturated carbocycles. The maximum absolute atomic E-state index is 13.4. The molecule has 2 amide bonds. The van der Waals surface area contributed by atoms with Gasteiger partial charge in [-0.05, 0) is 56.8 Å². The van der Waals surface area contributed by atoms with Crippen LogP contribution in [0.1, 0.15) is 25.0 Å². The second-order valence-corrected chi connectivity index (χ2v) is 6.27. The van der Waals surface area contributed by atoms with Crippen LogP contribution in [0.15, 0.2) is 30.3 Å². The molecule has 2 atom stereocenters. The van der Waals surface area contributed by atoms with Crippen molar-refractivity contribution in [2.75, 3.05) is 11.9 Å². The fourth-order valence-electron chi connectivity index (χ4n) is 3.16. The summed E-state index contributed by atoms with van der Waals surface area (Å²) in [4.78, 5) is 12.1. The summed E-state index contributed by atoms with van der Waals surface area (Å²) < 4.78 is 15.0. The zero-order chi connectivity index (χ0) is 17.1. The number of hydrogen-bond donors (Lipinski definition) is 3. The molecule has 7 heteroatoms. The summed E-state index contributed by atoms with van der Waals surface area (Å²) >= 11 is 0. The Morgan fingerprint density at radius 3 is 2.96 bits per heavy atom. The van der Waals surface area contributed by atoms with Gasteiger partial charge in [0, 0.05) is 17.8 Å². The quantitative estimate of drug-likeness (QED) is 0.805. The molecule has 128 valence electrons. The molecule has 1 aliphatic carbocycles. The van der Waals surface area contributed by atoms with Gasteiger partial charge in [0.25, 0.3) is 0 Å². The van der Waals surface area contributed by atoms with E-state index in [1.54, 1.807) is 22.9 Å². The highest BCUT2D eigenvalue weighted by molar-refractivity contribution is 5.88. The Morgan fingerprint density at radius 1 is 1.42 bits per heavy atom. The third kappa shape index (κ3) is 3.73. The van der Waals surface area contributed by atoms with Crippen molar-refractivity contribution >= 4 is 11.8 Å². The van der Waals surface area contributed by atoms with Gasteiger partial charge in [-0.2, -0.15) is 0 Å². The van der Waals surface area contributed by atoms with Gasteiger partial charge in [0.1, 0.15) is 5.82 Å². The van der Waals surface area contributed by atoms with Crippen molar-refractivity contribution in [2.45, 2.75) is 32.2 Å². The molecule has 0 spiro atoms. The van der Waals surface area contributed by atoms with Crippen molar-refractivity contribution in [2.24, 2.45) is 11.7 Å². The molecule has 1 aromatic heterocycles. The Balaban J connectivity index is 1.64. The van der Waals surface area contributed by atoms with Gasteiger partial charge in [0.15, 0.2) is 5.82 Å². The number of carbonyl (C=O) groups excluding carboxylic acids is 1. The first kappa shape index (κ1) is 16.4. The van der Waals surface area contributed by atoms with Crippen molar-refractivity contribution in [3.8, 4) is 5.69 Å². The number of aryl methyl sites for hydroxylation is 1. The summed E-state index contributed by atoms with van der Waals surface area (Å²) in [6, 6.07) is 7.80. The molecule has 1 heterocycles. The predicted molar refractivity (Wildman–Crippen MR) is 90.6 cm³/mol. The number of urea groups is 1. The average Bonchev–Trinajstić information content (AvgIpc) is 3.13. The van der Waals surface area contributed by atoms with Crippen LogP contribution in [0, 0.1) is 18.7 Å². The van der Waals surface area contributed by atoms with Gasteiger partial charge in [-0.25, -0.2) is 13.9 Å². The fraction of sp³-hybridized carbons (Fsp3) is 0.412. The van der Waals surface area contributed by atoms with Crippen LogP contribution < -0.4 is 16.4 Å². The maximum Gasteiger partial charge on any atom is 0.320 e. The number of carbonyl (C=O) groups is 1. The van der Waals surface area contributed by atoms with Crippen LogP contribution in [0.2, 0.25) is 0 Å². The third-order valence-corrected chi connectivity index (χ3v) is 4.39. The van der Waals surface area contributed by atoms with Crippen LogP contribution in [0.3, 0.4) is 0 Å². The lowest BCUT2D eigenvalue weighted by Crippen LogP contribution is -2.36. The van der Waals surface area contributed by atoms with Gasteiger partial charge in [-0.3, -0.25) is 5.32 Å². The van der Waals surface area contributed by atoms with Crippen LogP contribution >= 0.6 is 0 Å². The number of halogens is 1. The van der Waals surface area contributed by atoms with E-state index in [0.717, 1.165) is 25.0 Å². The molecule has 2 aromatic rings. The zero-order valence-electron chi connectivity index (χ0n) is 13.6. The van der Waals surface area contributed by atoms with Crippen LogP contribution in [0.5, 0.6) is 0 Å². The minimum Gasteiger partial charge on any atom is -0.335 e. The van der Waals surface area contributed by atoms with Gasteiger partial charge in [0.2, 0.25) is 0 Å².